The molecule has 0 spiro atoms. The third-order valence-corrected chi connectivity index (χ3v) is 3.59. The van der Waals surface area contributed by atoms with Gasteiger partial charge in [-0.3, -0.25) is 0 Å². The number of hydrogen-bond acceptors (Lipinski definition) is 2. The molecule has 2 rings (SSSR count). The van der Waals surface area contributed by atoms with Crippen molar-refractivity contribution in [3.63, 3.8) is 0 Å². The lowest BCUT2D eigenvalue weighted by atomic mass is 10.1. The number of hydrogen-bond donors (Lipinski definition) is 3. The molecule has 0 aliphatic heterocycles. The quantitative estimate of drug-likeness (QED) is 0.783. The Bertz CT molecular complexity index is 632. The van der Waals surface area contributed by atoms with Gasteiger partial charge in [-0.15, -0.1) is 0 Å². The Morgan fingerprint density at radius 2 is 1.95 bits per heavy atom. The van der Waals surface area contributed by atoms with E-state index in [0.29, 0.717) is 23.7 Å². The molecule has 4 nitrogen and oxygen atoms in total. The molecule has 2 aromatic rings. The number of amides is 2. The maximum Gasteiger partial charge on any atom is 0.319 e. The fourth-order valence-electron chi connectivity index (χ4n) is 2.07. The second-order valence-corrected chi connectivity index (χ2v) is 5.49. The third-order valence-electron chi connectivity index (χ3n) is 3.26. The van der Waals surface area contributed by atoms with E-state index >= 15 is 0 Å². The van der Waals surface area contributed by atoms with Crippen molar-refractivity contribution in [2.75, 3.05) is 11.9 Å². The van der Waals surface area contributed by atoms with Crippen LogP contribution >= 0.6 is 11.6 Å². The Balaban J connectivity index is 1.80. The summed E-state index contributed by atoms with van der Waals surface area (Å²) in [5.74, 6) is 0. The minimum atomic E-state index is -0.593. The van der Waals surface area contributed by atoms with E-state index in [4.69, 9.17) is 11.6 Å². The van der Waals surface area contributed by atoms with Crippen LogP contribution in [-0.4, -0.2) is 17.7 Å². The average Bonchev–Trinajstić information content (AvgIpc) is 2.51. The highest BCUT2D eigenvalue weighted by atomic mass is 35.5. The summed E-state index contributed by atoms with van der Waals surface area (Å²) in [7, 11) is 0. The summed E-state index contributed by atoms with van der Waals surface area (Å²) in [6.45, 7) is 2.29. The second-order valence-electron chi connectivity index (χ2n) is 5.08. The lowest BCUT2D eigenvalue weighted by Gasteiger charge is -2.13. The molecule has 2 amide bonds. The fourth-order valence-corrected chi connectivity index (χ4v) is 2.23. The molecular formula is C17H19ClN2O2. The van der Waals surface area contributed by atoms with Crippen molar-refractivity contribution in [1.29, 1.82) is 0 Å². The van der Waals surface area contributed by atoms with Crippen molar-refractivity contribution in [1.82, 2.24) is 5.32 Å². The molecule has 22 heavy (non-hydrogen) atoms. The Labute approximate surface area is 135 Å². The smallest absolute Gasteiger partial charge is 0.319 e. The van der Waals surface area contributed by atoms with Gasteiger partial charge in [0, 0.05) is 6.54 Å². The van der Waals surface area contributed by atoms with Crippen LogP contribution in [0.4, 0.5) is 10.5 Å². The molecule has 5 heteroatoms. The number of benzene rings is 2. The molecule has 0 aliphatic rings. The summed E-state index contributed by atoms with van der Waals surface area (Å²) in [6.07, 6.45) is -0.150. The van der Waals surface area contributed by atoms with E-state index in [1.165, 1.54) is 0 Å². The average molecular weight is 319 g/mol. The highest BCUT2D eigenvalue weighted by Crippen LogP contribution is 2.22. The van der Waals surface area contributed by atoms with Crippen LogP contribution in [0.15, 0.2) is 48.5 Å². The molecule has 0 saturated heterocycles. The largest absolute Gasteiger partial charge is 0.388 e. The zero-order valence-electron chi connectivity index (χ0n) is 12.3. The van der Waals surface area contributed by atoms with E-state index in [-0.39, 0.29) is 6.03 Å². The van der Waals surface area contributed by atoms with Gasteiger partial charge < -0.3 is 15.7 Å². The summed E-state index contributed by atoms with van der Waals surface area (Å²) in [5.41, 5.74) is 2.42. The number of anilines is 1. The first-order valence-electron chi connectivity index (χ1n) is 7.10. The number of aryl methyl sites for hydroxylation is 1. The van der Waals surface area contributed by atoms with E-state index in [1.54, 1.807) is 12.1 Å². The zero-order valence-corrected chi connectivity index (χ0v) is 13.1. The van der Waals surface area contributed by atoms with Crippen LogP contribution in [0.3, 0.4) is 0 Å². The highest BCUT2D eigenvalue weighted by Gasteiger charge is 2.09. The number of rotatable bonds is 5. The standard InChI is InChI=1S/C17H19ClN2O2/c1-12-7-8-14(18)15(11-12)20-17(22)19-10-9-16(21)13-5-3-2-4-6-13/h2-8,11,16,21H,9-10H2,1H3,(H2,19,20,22). The van der Waals surface area contributed by atoms with Gasteiger partial charge in [-0.1, -0.05) is 48.0 Å². The molecule has 0 heterocycles. The predicted octanol–water partition coefficient (Wildman–Crippen LogP) is 3.89. The van der Waals surface area contributed by atoms with Crippen LogP contribution in [-0.2, 0) is 0 Å². The van der Waals surface area contributed by atoms with Crippen molar-refractivity contribution in [3.8, 4) is 0 Å². The Morgan fingerprint density at radius 1 is 1.23 bits per heavy atom. The maximum atomic E-state index is 11.8. The van der Waals surface area contributed by atoms with Crippen molar-refractivity contribution >= 4 is 23.3 Å². The second kappa shape index (κ2) is 7.82. The van der Waals surface area contributed by atoms with Crippen LogP contribution < -0.4 is 10.6 Å². The van der Waals surface area contributed by atoms with Crippen molar-refractivity contribution in [2.24, 2.45) is 0 Å². The molecule has 3 N–H and O–H groups in total. The molecule has 0 saturated carbocycles. The van der Waals surface area contributed by atoms with Crippen LogP contribution in [0.5, 0.6) is 0 Å². The summed E-state index contributed by atoms with van der Waals surface area (Å²) in [5, 5.41) is 15.9. The molecule has 0 radical (unpaired) electrons. The van der Waals surface area contributed by atoms with E-state index in [9.17, 15) is 9.90 Å². The number of aliphatic hydroxyl groups is 1. The number of aliphatic hydroxyl groups excluding tert-OH is 1. The first kappa shape index (κ1) is 16.3. The molecular weight excluding hydrogens is 300 g/mol. The molecule has 0 fully saturated rings. The van der Waals surface area contributed by atoms with E-state index in [2.05, 4.69) is 10.6 Å². The van der Waals surface area contributed by atoms with E-state index in [0.717, 1.165) is 11.1 Å². The topological polar surface area (TPSA) is 61.4 Å². The van der Waals surface area contributed by atoms with Crippen LogP contribution in [0.25, 0.3) is 0 Å². The third kappa shape index (κ3) is 4.76. The van der Waals surface area contributed by atoms with Crippen molar-refractivity contribution in [3.05, 3.63) is 64.7 Å². The predicted molar refractivity (Wildman–Crippen MR) is 89.2 cm³/mol. The van der Waals surface area contributed by atoms with Gasteiger partial charge in [-0.2, -0.15) is 0 Å². The SMILES string of the molecule is Cc1ccc(Cl)c(NC(=O)NCCC(O)c2ccccc2)c1. The molecule has 2 aromatic carbocycles. The lowest BCUT2D eigenvalue weighted by molar-refractivity contribution is 0.167. The number of urea groups is 1. The van der Waals surface area contributed by atoms with Gasteiger partial charge in [-0.05, 0) is 36.6 Å². The first-order chi connectivity index (χ1) is 10.6. The molecule has 116 valence electrons. The molecule has 1 atom stereocenters. The maximum absolute atomic E-state index is 11.8. The minimum Gasteiger partial charge on any atom is -0.388 e. The minimum absolute atomic E-state index is 0.340. The number of nitrogens with one attached hydrogen (secondary N) is 2. The Hall–Kier alpha value is -2.04. The number of carbonyl (C=O) groups is 1. The van der Waals surface area contributed by atoms with Gasteiger partial charge in [0.05, 0.1) is 16.8 Å². The summed E-state index contributed by atoms with van der Waals surface area (Å²) >= 11 is 6.02. The highest BCUT2D eigenvalue weighted by molar-refractivity contribution is 6.33. The molecule has 0 aromatic heterocycles. The first-order valence-corrected chi connectivity index (χ1v) is 7.48. The van der Waals surface area contributed by atoms with Crippen molar-refractivity contribution < 1.29 is 9.90 Å². The van der Waals surface area contributed by atoms with Gasteiger partial charge in [0.2, 0.25) is 0 Å². The van der Waals surface area contributed by atoms with Gasteiger partial charge in [0.15, 0.2) is 0 Å². The van der Waals surface area contributed by atoms with Gasteiger partial charge in [0.25, 0.3) is 0 Å². The number of carbonyl (C=O) groups excluding carboxylic acids is 1. The number of halogens is 1. The van der Waals surface area contributed by atoms with Gasteiger partial charge >= 0.3 is 6.03 Å². The van der Waals surface area contributed by atoms with E-state index < -0.39 is 6.10 Å². The summed E-state index contributed by atoms with van der Waals surface area (Å²) in [4.78, 5) is 11.8. The molecule has 1 unspecified atom stereocenters. The zero-order chi connectivity index (χ0) is 15.9. The molecule has 0 bridgehead atoms. The van der Waals surface area contributed by atoms with Crippen LogP contribution in [0, 0.1) is 6.92 Å². The Morgan fingerprint density at radius 3 is 2.68 bits per heavy atom. The van der Waals surface area contributed by atoms with E-state index in [1.807, 2.05) is 43.3 Å². The summed E-state index contributed by atoms with van der Waals surface area (Å²) < 4.78 is 0. The van der Waals surface area contributed by atoms with Gasteiger partial charge in [0.1, 0.15) is 0 Å². The fraction of sp³-hybridized carbons (Fsp3) is 0.235. The van der Waals surface area contributed by atoms with Crippen molar-refractivity contribution in [2.45, 2.75) is 19.4 Å². The van der Waals surface area contributed by atoms with Gasteiger partial charge in [-0.25, -0.2) is 4.79 Å². The Kier molecular flexibility index (Phi) is 5.81. The molecule has 0 aliphatic carbocycles. The summed E-state index contributed by atoms with van der Waals surface area (Å²) in [6, 6.07) is 14.4. The lowest BCUT2D eigenvalue weighted by Crippen LogP contribution is -2.30. The normalized spacial score (nSPS) is 11.8. The monoisotopic (exact) mass is 318 g/mol. The van der Waals surface area contributed by atoms with Crippen LogP contribution in [0.1, 0.15) is 23.7 Å². The van der Waals surface area contributed by atoms with Crippen LogP contribution in [0.2, 0.25) is 5.02 Å².